The number of carbonyl (C=O) groups is 3. The predicted octanol–water partition coefficient (Wildman–Crippen LogP) is 8.65. The number of carbonyl (C=O) groups excluding carboxylic acids is 3. The van der Waals surface area contributed by atoms with Crippen LogP contribution in [0.15, 0.2) is 133 Å². The zero-order valence-corrected chi connectivity index (χ0v) is 31.6. The van der Waals surface area contributed by atoms with Crippen LogP contribution in [0.4, 0.5) is 4.79 Å². The minimum absolute atomic E-state index is 0.0407. The number of hydrogen-bond acceptors (Lipinski definition) is 9. The monoisotopic (exact) mass is 745 g/mol. The molecule has 5 rings (SSSR count). The summed E-state index contributed by atoms with van der Waals surface area (Å²) >= 11 is 0. The van der Waals surface area contributed by atoms with E-state index in [0.29, 0.717) is 29.4 Å². The Morgan fingerprint density at radius 3 is 1.67 bits per heavy atom. The molecule has 5 aromatic rings. The molecule has 0 bridgehead atoms. The van der Waals surface area contributed by atoms with Crippen molar-refractivity contribution in [2.45, 2.75) is 71.7 Å². The molecule has 1 unspecified atom stereocenters. The summed E-state index contributed by atoms with van der Waals surface area (Å²) < 4.78 is 35.0. The van der Waals surface area contributed by atoms with Gasteiger partial charge in [0.1, 0.15) is 55.5 Å². The molecule has 0 heterocycles. The van der Waals surface area contributed by atoms with Crippen LogP contribution in [0.3, 0.4) is 0 Å². The summed E-state index contributed by atoms with van der Waals surface area (Å²) in [5, 5.41) is 2.65. The van der Waals surface area contributed by atoms with Crippen LogP contribution in [-0.4, -0.2) is 42.4 Å². The minimum Gasteiger partial charge on any atom is -0.488 e. The lowest BCUT2D eigenvalue weighted by Crippen LogP contribution is -2.46. The van der Waals surface area contributed by atoms with Crippen molar-refractivity contribution in [3.05, 3.63) is 161 Å². The second-order valence-electron chi connectivity index (χ2n) is 13.8. The molecule has 0 aliphatic heterocycles. The lowest BCUT2D eigenvalue weighted by Gasteiger charge is -2.24. The van der Waals surface area contributed by atoms with Gasteiger partial charge in [-0.2, -0.15) is 0 Å². The number of benzene rings is 5. The van der Waals surface area contributed by atoms with Gasteiger partial charge in [-0.3, -0.25) is 0 Å². The average Bonchev–Trinajstić information content (AvgIpc) is 3.18. The van der Waals surface area contributed by atoms with Gasteiger partial charge < -0.3 is 33.7 Å². The number of nitrogens with one attached hydrogen (secondary N) is 1. The van der Waals surface area contributed by atoms with Crippen molar-refractivity contribution in [3.8, 4) is 17.2 Å². The second kappa shape index (κ2) is 19.7. The van der Waals surface area contributed by atoms with Crippen molar-refractivity contribution >= 4 is 18.0 Å². The van der Waals surface area contributed by atoms with Crippen molar-refractivity contribution in [1.82, 2.24) is 5.32 Å². The summed E-state index contributed by atoms with van der Waals surface area (Å²) in [7, 11) is 0. The highest BCUT2D eigenvalue weighted by atomic mass is 16.6. The molecule has 0 spiro atoms. The van der Waals surface area contributed by atoms with E-state index < -0.39 is 35.8 Å². The van der Waals surface area contributed by atoms with Gasteiger partial charge in [-0.25, -0.2) is 14.4 Å². The molecule has 0 aliphatic rings. The lowest BCUT2D eigenvalue weighted by molar-refractivity contribution is -0.149. The third-order valence-corrected chi connectivity index (χ3v) is 8.01. The molecule has 0 fully saturated rings. The summed E-state index contributed by atoms with van der Waals surface area (Å²) in [6, 6.07) is 40.1. The third-order valence-electron chi connectivity index (χ3n) is 8.01. The van der Waals surface area contributed by atoms with Crippen LogP contribution in [-0.2, 0) is 45.2 Å². The fourth-order valence-electron chi connectivity index (χ4n) is 5.34. The van der Waals surface area contributed by atoms with Gasteiger partial charge in [-0.05, 0) is 74.2 Å². The van der Waals surface area contributed by atoms with Crippen LogP contribution in [0.5, 0.6) is 17.2 Å². The Morgan fingerprint density at radius 1 is 0.600 bits per heavy atom. The Hall–Kier alpha value is -6.29. The molecule has 2 atom stereocenters. The molecular formula is C45H47NO9. The SMILES string of the molecule is CC(COC(=O)[C@H](Cc1ccc(OCc2ccccc2)c(OCc2ccccc2)c1)NC(=O)OC(C)(C)C)OC(=O)c1ccccc1OCc1ccccc1. The van der Waals surface area contributed by atoms with Gasteiger partial charge in [0.15, 0.2) is 11.5 Å². The number of para-hydroxylation sites is 1. The first-order valence-corrected chi connectivity index (χ1v) is 18.1. The Kier molecular flexibility index (Phi) is 14.3. The predicted molar refractivity (Wildman–Crippen MR) is 208 cm³/mol. The van der Waals surface area contributed by atoms with Gasteiger partial charge in [-0.15, -0.1) is 0 Å². The normalized spacial score (nSPS) is 12.1. The van der Waals surface area contributed by atoms with Gasteiger partial charge in [0.05, 0.1) is 0 Å². The van der Waals surface area contributed by atoms with Crippen LogP contribution < -0.4 is 19.5 Å². The Labute approximate surface area is 322 Å². The van der Waals surface area contributed by atoms with Crippen molar-refractivity contribution in [2.24, 2.45) is 0 Å². The zero-order chi connectivity index (χ0) is 39.0. The smallest absolute Gasteiger partial charge is 0.408 e. The quantitative estimate of drug-likeness (QED) is 0.0737. The van der Waals surface area contributed by atoms with E-state index in [1.54, 1.807) is 70.2 Å². The molecule has 5 aromatic carbocycles. The maximum absolute atomic E-state index is 13.6. The number of ether oxygens (including phenoxy) is 6. The molecule has 55 heavy (non-hydrogen) atoms. The molecule has 0 aromatic heterocycles. The Morgan fingerprint density at radius 2 is 1.11 bits per heavy atom. The van der Waals surface area contributed by atoms with E-state index in [4.69, 9.17) is 28.4 Å². The topological polar surface area (TPSA) is 119 Å². The highest BCUT2D eigenvalue weighted by Gasteiger charge is 2.28. The number of rotatable bonds is 17. The first kappa shape index (κ1) is 39.9. The summed E-state index contributed by atoms with van der Waals surface area (Å²) in [4.78, 5) is 39.7. The third kappa shape index (κ3) is 13.3. The molecule has 286 valence electrons. The van der Waals surface area contributed by atoms with Gasteiger partial charge >= 0.3 is 18.0 Å². The van der Waals surface area contributed by atoms with Crippen LogP contribution in [0.2, 0.25) is 0 Å². The molecule has 1 amide bonds. The van der Waals surface area contributed by atoms with Gasteiger partial charge in [0, 0.05) is 6.42 Å². The van der Waals surface area contributed by atoms with E-state index in [1.807, 2.05) is 91.0 Å². The van der Waals surface area contributed by atoms with Gasteiger partial charge in [0.2, 0.25) is 0 Å². The van der Waals surface area contributed by atoms with Crippen molar-refractivity contribution < 1.29 is 42.8 Å². The van der Waals surface area contributed by atoms with E-state index >= 15 is 0 Å². The van der Waals surface area contributed by atoms with E-state index in [2.05, 4.69) is 5.32 Å². The highest BCUT2D eigenvalue weighted by Crippen LogP contribution is 2.31. The largest absolute Gasteiger partial charge is 0.488 e. The minimum atomic E-state index is -1.15. The first-order chi connectivity index (χ1) is 26.5. The zero-order valence-electron chi connectivity index (χ0n) is 31.6. The van der Waals surface area contributed by atoms with Crippen LogP contribution in [0.1, 0.15) is 60.3 Å². The molecule has 0 aliphatic carbocycles. The molecule has 1 N–H and O–H groups in total. The molecule has 0 saturated heterocycles. The molecule has 10 heteroatoms. The Balaban J connectivity index is 1.26. The van der Waals surface area contributed by atoms with E-state index in [1.165, 1.54) is 0 Å². The Bertz CT molecular complexity index is 1980. The summed E-state index contributed by atoms with van der Waals surface area (Å²) in [5.74, 6) is -0.0174. The molecule has 10 nitrogen and oxygen atoms in total. The summed E-state index contributed by atoms with van der Waals surface area (Å²) in [6.07, 6.45) is -1.57. The summed E-state index contributed by atoms with van der Waals surface area (Å²) in [5.41, 5.74) is 3.00. The fourth-order valence-corrected chi connectivity index (χ4v) is 5.34. The van der Waals surface area contributed by atoms with E-state index in [-0.39, 0.29) is 31.8 Å². The molecule has 0 radical (unpaired) electrons. The van der Waals surface area contributed by atoms with Crippen LogP contribution in [0, 0.1) is 0 Å². The maximum Gasteiger partial charge on any atom is 0.408 e. The lowest BCUT2D eigenvalue weighted by atomic mass is 10.1. The first-order valence-electron chi connectivity index (χ1n) is 18.1. The van der Waals surface area contributed by atoms with Crippen molar-refractivity contribution in [2.75, 3.05) is 6.61 Å². The summed E-state index contributed by atoms with van der Waals surface area (Å²) in [6.45, 7) is 7.41. The van der Waals surface area contributed by atoms with Crippen LogP contribution in [0.25, 0.3) is 0 Å². The number of hydrogen-bond donors (Lipinski definition) is 1. The average molecular weight is 746 g/mol. The fraction of sp³-hybridized carbons (Fsp3) is 0.267. The number of esters is 2. The highest BCUT2D eigenvalue weighted by molar-refractivity contribution is 5.92. The number of alkyl carbamates (subject to hydrolysis) is 1. The van der Waals surface area contributed by atoms with Gasteiger partial charge in [0.25, 0.3) is 0 Å². The second-order valence-corrected chi connectivity index (χ2v) is 13.8. The van der Waals surface area contributed by atoms with E-state index in [9.17, 15) is 14.4 Å². The van der Waals surface area contributed by atoms with Crippen molar-refractivity contribution in [3.63, 3.8) is 0 Å². The van der Waals surface area contributed by atoms with Crippen molar-refractivity contribution in [1.29, 1.82) is 0 Å². The van der Waals surface area contributed by atoms with Gasteiger partial charge in [-0.1, -0.05) is 109 Å². The van der Waals surface area contributed by atoms with E-state index in [0.717, 1.165) is 16.7 Å². The molecule has 0 saturated carbocycles. The maximum atomic E-state index is 13.6. The van der Waals surface area contributed by atoms with Crippen LogP contribution >= 0.6 is 0 Å². The number of amides is 1. The standard InChI is InChI=1S/C45H47NO9/c1-32(54-42(47)37-22-14-15-23-39(37)50-29-33-16-8-5-9-17-33)28-53-43(48)38(46-44(49)55-45(2,3)4)26-36-24-25-40(51-30-34-18-10-6-11-19-34)41(27-36)52-31-35-20-12-7-13-21-35/h5-25,27,32,38H,26,28-31H2,1-4H3,(H,46,49)/t32?,38-/m0/s1. The molecular weight excluding hydrogens is 698 g/mol.